The molecule has 0 aliphatic carbocycles. The van der Waals surface area contributed by atoms with Gasteiger partial charge < -0.3 is 10.1 Å². The van der Waals surface area contributed by atoms with E-state index in [9.17, 15) is 0 Å². The van der Waals surface area contributed by atoms with Gasteiger partial charge in [0.2, 0.25) is 5.88 Å². The average molecular weight is 265 g/mol. The van der Waals surface area contributed by atoms with Gasteiger partial charge in [-0.15, -0.1) is 0 Å². The molecule has 0 saturated carbocycles. The SMILES string of the molecule is CNc1nc(C(C)(C)C)nc(OCCC(C)C)c1C. The van der Waals surface area contributed by atoms with E-state index in [1.807, 2.05) is 14.0 Å². The largest absolute Gasteiger partial charge is 0.477 e. The minimum absolute atomic E-state index is 0.0878. The Morgan fingerprint density at radius 3 is 2.32 bits per heavy atom. The van der Waals surface area contributed by atoms with Crippen molar-refractivity contribution in [2.24, 2.45) is 5.92 Å². The summed E-state index contributed by atoms with van der Waals surface area (Å²) >= 11 is 0. The van der Waals surface area contributed by atoms with Gasteiger partial charge in [-0.25, -0.2) is 4.98 Å². The fourth-order valence-corrected chi connectivity index (χ4v) is 1.61. The van der Waals surface area contributed by atoms with Crippen molar-refractivity contribution < 1.29 is 4.74 Å². The first-order valence-electron chi connectivity index (χ1n) is 6.95. The summed E-state index contributed by atoms with van der Waals surface area (Å²) in [4.78, 5) is 9.14. The molecule has 1 N–H and O–H groups in total. The Balaban J connectivity index is 3.01. The molecule has 0 aromatic carbocycles. The van der Waals surface area contributed by atoms with Gasteiger partial charge in [0.1, 0.15) is 11.6 Å². The summed E-state index contributed by atoms with van der Waals surface area (Å²) < 4.78 is 5.83. The van der Waals surface area contributed by atoms with E-state index in [1.165, 1.54) is 0 Å². The molecule has 0 radical (unpaired) electrons. The van der Waals surface area contributed by atoms with E-state index in [2.05, 4.69) is 49.9 Å². The number of hydrogen-bond donors (Lipinski definition) is 1. The summed E-state index contributed by atoms with van der Waals surface area (Å²) in [7, 11) is 1.87. The van der Waals surface area contributed by atoms with Crippen LogP contribution >= 0.6 is 0 Å². The third-order valence-electron chi connectivity index (χ3n) is 2.94. The smallest absolute Gasteiger partial charge is 0.221 e. The molecule has 0 spiro atoms. The van der Waals surface area contributed by atoms with Crippen molar-refractivity contribution in [3.05, 3.63) is 11.4 Å². The van der Waals surface area contributed by atoms with E-state index in [4.69, 9.17) is 4.74 Å². The number of hydrogen-bond acceptors (Lipinski definition) is 4. The van der Waals surface area contributed by atoms with Crippen LogP contribution in [0.25, 0.3) is 0 Å². The average Bonchev–Trinajstić information content (AvgIpc) is 2.29. The summed E-state index contributed by atoms with van der Waals surface area (Å²) in [6, 6.07) is 0. The van der Waals surface area contributed by atoms with Gasteiger partial charge in [0.05, 0.1) is 12.2 Å². The molecule has 0 saturated heterocycles. The second kappa shape index (κ2) is 6.22. The molecule has 0 amide bonds. The maximum atomic E-state index is 5.83. The summed E-state index contributed by atoms with van der Waals surface area (Å²) in [6.45, 7) is 13.4. The van der Waals surface area contributed by atoms with E-state index in [-0.39, 0.29) is 5.41 Å². The lowest BCUT2D eigenvalue weighted by atomic mass is 9.95. The Morgan fingerprint density at radius 1 is 1.21 bits per heavy atom. The molecule has 0 aliphatic heterocycles. The first-order chi connectivity index (χ1) is 8.75. The number of aromatic nitrogens is 2. The van der Waals surface area contributed by atoms with E-state index in [0.717, 1.165) is 23.6 Å². The van der Waals surface area contributed by atoms with Crippen LogP contribution in [0, 0.1) is 12.8 Å². The maximum Gasteiger partial charge on any atom is 0.221 e. The zero-order valence-corrected chi connectivity index (χ0v) is 13.3. The lowest BCUT2D eigenvalue weighted by Crippen LogP contribution is -2.19. The van der Waals surface area contributed by atoms with Gasteiger partial charge in [-0.05, 0) is 19.3 Å². The Labute approximate surface area is 117 Å². The minimum atomic E-state index is -0.0878. The van der Waals surface area contributed by atoms with Crippen molar-refractivity contribution >= 4 is 5.82 Å². The fraction of sp³-hybridized carbons (Fsp3) is 0.733. The van der Waals surface area contributed by atoms with Gasteiger partial charge in [0, 0.05) is 12.5 Å². The van der Waals surface area contributed by atoms with Crippen LogP contribution < -0.4 is 10.1 Å². The molecular formula is C15H27N3O. The van der Waals surface area contributed by atoms with Crippen LogP contribution in [0.3, 0.4) is 0 Å². The van der Waals surface area contributed by atoms with Gasteiger partial charge in [-0.2, -0.15) is 4.98 Å². The van der Waals surface area contributed by atoms with E-state index >= 15 is 0 Å². The first-order valence-corrected chi connectivity index (χ1v) is 6.95. The van der Waals surface area contributed by atoms with Crippen LogP contribution in [0.1, 0.15) is 52.4 Å². The van der Waals surface area contributed by atoms with Crippen molar-refractivity contribution in [3.8, 4) is 5.88 Å². The van der Waals surface area contributed by atoms with Gasteiger partial charge in [0.15, 0.2) is 0 Å². The van der Waals surface area contributed by atoms with Crippen LogP contribution in [0.4, 0.5) is 5.82 Å². The molecular weight excluding hydrogens is 238 g/mol. The first kappa shape index (κ1) is 15.7. The highest BCUT2D eigenvalue weighted by Crippen LogP contribution is 2.27. The highest BCUT2D eigenvalue weighted by atomic mass is 16.5. The van der Waals surface area contributed by atoms with Gasteiger partial charge >= 0.3 is 0 Å². The van der Waals surface area contributed by atoms with Gasteiger partial charge in [-0.3, -0.25) is 0 Å². The zero-order chi connectivity index (χ0) is 14.6. The Morgan fingerprint density at radius 2 is 1.84 bits per heavy atom. The molecule has 0 bridgehead atoms. The minimum Gasteiger partial charge on any atom is -0.477 e. The summed E-state index contributed by atoms with van der Waals surface area (Å²) in [5, 5.41) is 3.12. The van der Waals surface area contributed by atoms with Crippen molar-refractivity contribution in [2.75, 3.05) is 19.0 Å². The Kier molecular flexibility index (Phi) is 5.15. The number of nitrogens with zero attached hydrogens (tertiary/aromatic N) is 2. The van der Waals surface area contributed by atoms with Crippen LogP contribution in [0.15, 0.2) is 0 Å². The number of rotatable bonds is 5. The predicted octanol–water partition coefficient (Wildman–Crippen LogP) is 3.55. The Bertz CT molecular complexity index is 422. The molecule has 0 atom stereocenters. The quantitative estimate of drug-likeness (QED) is 0.884. The number of nitrogens with one attached hydrogen (secondary N) is 1. The van der Waals surface area contributed by atoms with Crippen molar-refractivity contribution in [3.63, 3.8) is 0 Å². The summed E-state index contributed by atoms with van der Waals surface area (Å²) in [6.07, 6.45) is 1.03. The third-order valence-corrected chi connectivity index (χ3v) is 2.94. The number of anilines is 1. The normalized spacial score (nSPS) is 11.8. The molecule has 1 heterocycles. The molecule has 1 aromatic rings. The van der Waals surface area contributed by atoms with Crippen molar-refractivity contribution in [1.29, 1.82) is 0 Å². The van der Waals surface area contributed by atoms with Gasteiger partial charge in [0.25, 0.3) is 0 Å². The number of ether oxygens (including phenoxy) is 1. The molecule has 108 valence electrons. The molecule has 0 unspecified atom stereocenters. The highest BCUT2D eigenvalue weighted by molar-refractivity contribution is 5.48. The van der Waals surface area contributed by atoms with Crippen LogP contribution in [0.5, 0.6) is 5.88 Å². The molecule has 19 heavy (non-hydrogen) atoms. The predicted molar refractivity (Wildman–Crippen MR) is 80.0 cm³/mol. The Hall–Kier alpha value is -1.32. The summed E-state index contributed by atoms with van der Waals surface area (Å²) in [5.74, 6) is 2.99. The lowest BCUT2D eigenvalue weighted by molar-refractivity contribution is 0.274. The van der Waals surface area contributed by atoms with Gasteiger partial charge in [-0.1, -0.05) is 34.6 Å². The second-order valence-electron chi connectivity index (χ2n) is 6.36. The molecule has 4 nitrogen and oxygen atoms in total. The van der Waals surface area contributed by atoms with Crippen molar-refractivity contribution in [1.82, 2.24) is 9.97 Å². The standard InChI is InChI=1S/C15H27N3O/c1-10(2)8-9-19-13-11(3)12(16-7)17-14(18-13)15(4,5)6/h10H,8-9H2,1-7H3,(H,16,17,18). The lowest BCUT2D eigenvalue weighted by Gasteiger charge is -2.20. The van der Waals surface area contributed by atoms with Crippen LogP contribution in [-0.2, 0) is 5.41 Å². The fourth-order valence-electron chi connectivity index (χ4n) is 1.61. The molecule has 4 heteroatoms. The third kappa shape index (κ3) is 4.37. The zero-order valence-electron chi connectivity index (χ0n) is 13.3. The van der Waals surface area contributed by atoms with E-state index < -0.39 is 0 Å². The topological polar surface area (TPSA) is 47.0 Å². The molecule has 0 aliphatic rings. The molecule has 0 fully saturated rings. The van der Waals surface area contributed by atoms with E-state index in [1.54, 1.807) is 0 Å². The highest BCUT2D eigenvalue weighted by Gasteiger charge is 2.21. The molecule has 1 aromatic heterocycles. The maximum absolute atomic E-state index is 5.83. The van der Waals surface area contributed by atoms with Crippen LogP contribution in [0.2, 0.25) is 0 Å². The summed E-state index contributed by atoms with van der Waals surface area (Å²) in [5.41, 5.74) is 0.884. The van der Waals surface area contributed by atoms with Crippen molar-refractivity contribution in [2.45, 2.75) is 53.4 Å². The molecule has 1 rings (SSSR count). The van der Waals surface area contributed by atoms with Crippen LogP contribution in [-0.4, -0.2) is 23.6 Å². The van der Waals surface area contributed by atoms with E-state index in [0.29, 0.717) is 18.4 Å². The monoisotopic (exact) mass is 265 g/mol. The second-order valence-corrected chi connectivity index (χ2v) is 6.36.